The van der Waals surface area contributed by atoms with E-state index < -0.39 is 94.6 Å². The van der Waals surface area contributed by atoms with Gasteiger partial charge >= 0.3 is 30.5 Å². The Morgan fingerprint density at radius 3 is 2.23 bits per heavy atom. The smallest absolute Gasteiger partial charge is 0.376 e. The van der Waals surface area contributed by atoms with E-state index in [0.29, 0.717) is 5.57 Å². The number of rotatable bonds is 5. The quantitative estimate of drug-likeness (QED) is 0.343. The van der Waals surface area contributed by atoms with E-state index in [0.717, 1.165) is 0 Å². The normalized spacial score (nSPS) is 41.8. The number of ether oxygens (including phenoxy) is 3. The maximum Gasteiger partial charge on any atom is 0.376 e. The SMILES string of the molecule is CC(=O)O[C@@]12CO[C@@H]1C[C@@H]1O[SiH](C(C)C)O[SiH](C(C)C)OC3=C4C(C)[C@@H](O)C[C@@](O)([C@@H](OC(=O)c5ccccc5)[C@H]2[C@]1(C)C3=O)C4(C)C. The van der Waals surface area contributed by atoms with Gasteiger partial charge in [-0.05, 0) is 30.2 Å². The molecule has 1 aromatic rings. The Balaban J connectivity index is 1.71. The van der Waals surface area contributed by atoms with Crippen LogP contribution in [-0.4, -0.2) is 88.7 Å². The van der Waals surface area contributed by atoms with Crippen LogP contribution >= 0.6 is 0 Å². The lowest BCUT2D eigenvalue weighted by Crippen LogP contribution is -2.81. The second kappa shape index (κ2) is 12.1. The summed E-state index contributed by atoms with van der Waals surface area (Å²) in [5, 5.41) is 25.0. The van der Waals surface area contributed by atoms with Crippen LogP contribution < -0.4 is 0 Å². The van der Waals surface area contributed by atoms with E-state index >= 15 is 4.79 Å². The zero-order chi connectivity index (χ0) is 35.1. The summed E-state index contributed by atoms with van der Waals surface area (Å²) in [7, 11) is -5.19. The highest BCUT2D eigenvalue weighted by atomic mass is 28.4. The van der Waals surface area contributed by atoms with Crippen molar-refractivity contribution in [1.29, 1.82) is 0 Å². The third-order valence-electron chi connectivity index (χ3n) is 11.8. The minimum atomic E-state index is -2.65. The maximum atomic E-state index is 15.7. The van der Waals surface area contributed by atoms with Crippen molar-refractivity contribution in [2.75, 3.05) is 6.61 Å². The van der Waals surface area contributed by atoms with Crippen LogP contribution in [0.25, 0.3) is 0 Å². The molecule has 2 saturated heterocycles. The average molecular weight is 703 g/mol. The topological polar surface area (TPSA) is 147 Å². The van der Waals surface area contributed by atoms with E-state index in [4.69, 9.17) is 27.2 Å². The van der Waals surface area contributed by atoms with Crippen molar-refractivity contribution >= 4 is 36.3 Å². The van der Waals surface area contributed by atoms with Gasteiger partial charge in [0.25, 0.3) is 0 Å². The van der Waals surface area contributed by atoms with Crippen LogP contribution in [0.5, 0.6) is 0 Å². The van der Waals surface area contributed by atoms with Crippen molar-refractivity contribution in [3.63, 3.8) is 0 Å². The molecule has 264 valence electrons. The standard InChI is InChI=1S/C35H50O11Si2/c1-18(2)47-44-24-15-25-34(17-41-25,43-21(6)36)28-30(42-31(39)22-13-11-10-12-14-22)35(40)16-23(37)20(5)26(32(35,7)8)27(29(38)33(24,28)9)45-48(46-47)19(3)4/h10-14,18-20,23-25,28,30,37,40,47-48H,15-17H2,1-9H3/t20?,23-,24-,25+,28-,30-,33+,34-,35+,47?,48?/m0/s1. The molecule has 0 spiro atoms. The Morgan fingerprint density at radius 1 is 1.02 bits per heavy atom. The Hall–Kier alpha value is -2.40. The van der Waals surface area contributed by atoms with E-state index in [-0.39, 0.29) is 41.9 Å². The van der Waals surface area contributed by atoms with Crippen LogP contribution in [0.15, 0.2) is 41.7 Å². The van der Waals surface area contributed by atoms with Crippen LogP contribution in [0.3, 0.4) is 0 Å². The monoisotopic (exact) mass is 702 g/mol. The second-order valence-electron chi connectivity index (χ2n) is 15.8. The van der Waals surface area contributed by atoms with Gasteiger partial charge in [-0.25, -0.2) is 4.79 Å². The summed E-state index contributed by atoms with van der Waals surface area (Å²) in [6.45, 7) is 16.5. The third-order valence-corrected chi connectivity index (χ3v) is 17.2. The van der Waals surface area contributed by atoms with Gasteiger partial charge in [0, 0.05) is 36.6 Å². The summed E-state index contributed by atoms with van der Waals surface area (Å²) < 4.78 is 39.4. The fourth-order valence-electron chi connectivity index (χ4n) is 9.02. The van der Waals surface area contributed by atoms with Crippen molar-refractivity contribution < 1.29 is 51.8 Å². The first-order chi connectivity index (χ1) is 22.4. The highest BCUT2D eigenvalue weighted by Gasteiger charge is 2.78. The molecule has 0 radical (unpaired) electrons. The number of benzene rings is 1. The van der Waals surface area contributed by atoms with E-state index in [9.17, 15) is 19.8 Å². The number of allylic oxidation sites excluding steroid dienone is 1. The van der Waals surface area contributed by atoms with Gasteiger partial charge in [0.2, 0.25) is 5.78 Å². The summed E-state index contributed by atoms with van der Waals surface area (Å²) in [5.74, 6) is -3.40. The van der Waals surface area contributed by atoms with Crippen molar-refractivity contribution in [1.82, 2.24) is 0 Å². The third kappa shape index (κ3) is 5.10. The largest absolute Gasteiger partial charge is 0.520 e. The molecule has 4 fully saturated rings. The van der Waals surface area contributed by atoms with Crippen LogP contribution in [0, 0.1) is 22.7 Å². The molecule has 2 saturated carbocycles. The van der Waals surface area contributed by atoms with Crippen molar-refractivity contribution in [3.8, 4) is 0 Å². The first kappa shape index (κ1) is 35.4. The van der Waals surface area contributed by atoms with E-state index in [1.165, 1.54) is 6.92 Å². The number of Topliss-reactive ketones (excluding diaryl/α,β-unsaturated/α-hetero) is 1. The van der Waals surface area contributed by atoms with Gasteiger partial charge in [-0.2, -0.15) is 0 Å². The summed E-state index contributed by atoms with van der Waals surface area (Å²) in [5.41, 5.74) is -5.59. The number of ketones is 1. The highest BCUT2D eigenvalue weighted by Crippen LogP contribution is 2.65. The van der Waals surface area contributed by atoms with Gasteiger partial charge in [0.05, 0.1) is 35.7 Å². The predicted octanol–water partition coefficient (Wildman–Crippen LogP) is 3.63. The highest BCUT2D eigenvalue weighted by molar-refractivity contribution is 6.61. The molecule has 1 aromatic carbocycles. The number of carbonyl (C=O) groups excluding carboxylic acids is 3. The molecule has 6 rings (SSSR count). The molecule has 2 N–H and O–H groups in total. The van der Waals surface area contributed by atoms with Gasteiger partial charge in [-0.3, -0.25) is 9.59 Å². The fourth-order valence-corrected chi connectivity index (χ4v) is 14.8. The molecule has 48 heavy (non-hydrogen) atoms. The molecule has 13 heteroatoms. The molecule has 5 aliphatic rings. The van der Waals surface area contributed by atoms with Crippen LogP contribution in [0.2, 0.25) is 11.1 Å². The van der Waals surface area contributed by atoms with Gasteiger partial charge in [-0.1, -0.05) is 66.7 Å². The predicted molar refractivity (Wildman–Crippen MR) is 178 cm³/mol. The Morgan fingerprint density at radius 2 is 1.67 bits per heavy atom. The summed E-state index contributed by atoms with van der Waals surface area (Å²) in [4.78, 5) is 42.7. The maximum absolute atomic E-state index is 15.7. The Bertz CT molecular complexity index is 1500. The number of esters is 2. The minimum Gasteiger partial charge on any atom is -0.520 e. The van der Waals surface area contributed by atoms with Gasteiger partial charge in [-0.15, -0.1) is 0 Å². The lowest BCUT2D eigenvalue weighted by Gasteiger charge is -2.67. The summed E-state index contributed by atoms with van der Waals surface area (Å²) in [6, 6.07) is 8.41. The summed E-state index contributed by atoms with van der Waals surface area (Å²) in [6.07, 6.45) is -4.08. The first-order valence-corrected chi connectivity index (χ1v) is 20.4. The lowest BCUT2D eigenvalue weighted by atomic mass is 9.45. The van der Waals surface area contributed by atoms with E-state index in [2.05, 4.69) is 0 Å². The molecule has 3 unspecified atom stereocenters. The first-order valence-electron chi connectivity index (χ1n) is 17.1. The number of hydrogen-bond acceptors (Lipinski definition) is 11. The van der Waals surface area contributed by atoms with Gasteiger partial charge in [0.15, 0.2) is 5.60 Å². The minimum absolute atomic E-state index is 0.00857. The number of fused-ring (bicyclic) bond motifs is 5. The van der Waals surface area contributed by atoms with Crippen LogP contribution in [-0.2, 0) is 36.8 Å². The van der Waals surface area contributed by atoms with E-state index in [1.807, 2.05) is 34.6 Å². The Kier molecular flexibility index (Phi) is 8.96. The Labute approximate surface area is 285 Å². The van der Waals surface area contributed by atoms with Crippen LogP contribution in [0.1, 0.15) is 85.5 Å². The molecular formula is C35H50O11Si2. The molecule has 2 heterocycles. The van der Waals surface area contributed by atoms with Crippen molar-refractivity contribution in [2.45, 2.75) is 122 Å². The number of hydrogen-bond donors (Lipinski definition) is 2. The van der Waals surface area contributed by atoms with Crippen LogP contribution in [0.4, 0.5) is 0 Å². The fraction of sp³-hybridized carbons (Fsp3) is 0.686. The molecule has 3 aliphatic carbocycles. The zero-order valence-electron chi connectivity index (χ0n) is 29.4. The van der Waals surface area contributed by atoms with Gasteiger partial charge < -0.3 is 37.4 Å². The van der Waals surface area contributed by atoms with E-state index in [1.54, 1.807) is 51.1 Å². The molecule has 4 bridgehead atoms. The second-order valence-corrected chi connectivity index (χ2v) is 21.6. The molecule has 11 atom stereocenters. The van der Waals surface area contributed by atoms with Crippen molar-refractivity contribution in [3.05, 3.63) is 47.2 Å². The molecule has 0 amide bonds. The number of carbonyl (C=O) groups is 3. The zero-order valence-corrected chi connectivity index (χ0v) is 31.7. The summed E-state index contributed by atoms with van der Waals surface area (Å²) >= 11 is 0. The molecule has 11 nitrogen and oxygen atoms in total. The number of aliphatic hydroxyl groups excluding tert-OH is 1. The average Bonchev–Trinajstić information content (AvgIpc) is 3.04. The van der Waals surface area contributed by atoms with Gasteiger partial charge in [0.1, 0.15) is 23.6 Å². The van der Waals surface area contributed by atoms with Crippen molar-refractivity contribution in [2.24, 2.45) is 22.7 Å². The molecular weight excluding hydrogens is 653 g/mol. The lowest BCUT2D eigenvalue weighted by molar-refractivity contribution is -0.344. The molecule has 0 aromatic heterocycles. The molecule has 2 aliphatic heterocycles. The number of aliphatic hydroxyl groups is 2.